The molecule has 0 spiro atoms. The van der Waals surface area contributed by atoms with Gasteiger partial charge in [-0.05, 0) is 24.3 Å². The number of benzene rings is 3. The fourth-order valence-electron chi connectivity index (χ4n) is 2.51. The lowest BCUT2D eigenvalue weighted by molar-refractivity contribution is 0.103. The highest BCUT2D eigenvalue weighted by molar-refractivity contribution is 9.09. The maximum atomic E-state index is 12.8. The van der Waals surface area contributed by atoms with Crippen molar-refractivity contribution < 1.29 is 9.53 Å². The van der Waals surface area contributed by atoms with Crippen molar-refractivity contribution in [1.29, 1.82) is 0 Å². The van der Waals surface area contributed by atoms with Crippen LogP contribution < -0.4 is 10.1 Å². The van der Waals surface area contributed by atoms with E-state index >= 15 is 0 Å². The Hall–Kier alpha value is -2.59. The summed E-state index contributed by atoms with van der Waals surface area (Å²) >= 11 is 3.35. The lowest BCUT2D eigenvalue weighted by Crippen LogP contribution is -2.05. The molecule has 126 valence electrons. The minimum absolute atomic E-state index is 0.00427. The lowest BCUT2D eigenvalue weighted by atomic mass is 10.0. The van der Waals surface area contributed by atoms with Gasteiger partial charge in [0.1, 0.15) is 5.75 Å². The van der Waals surface area contributed by atoms with Crippen LogP contribution in [0.5, 0.6) is 5.75 Å². The average molecular weight is 396 g/mol. The fourth-order valence-corrected chi connectivity index (χ4v) is 2.67. The molecule has 3 nitrogen and oxygen atoms in total. The van der Waals surface area contributed by atoms with E-state index in [9.17, 15) is 4.79 Å². The van der Waals surface area contributed by atoms with E-state index in [0.29, 0.717) is 17.7 Å². The molecule has 0 fully saturated rings. The molecule has 3 aromatic rings. The van der Waals surface area contributed by atoms with Gasteiger partial charge in [-0.25, -0.2) is 0 Å². The lowest BCUT2D eigenvalue weighted by Gasteiger charge is -2.13. The number of ether oxygens (including phenoxy) is 1. The summed E-state index contributed by atoms with van der Waals surface area (Å²) in [4.78, 5) is 12.8. The Morgan fingerprint density at radius 3 is 2.48 bits per heavy atom. The van der Waals surface area contributed by atoms with Crippen molar-refractivity contribution in [1.82, 2.24) is 0 Å². The first-order chi connectivity index (χ1) is 12.3. The third-order valence-corrected chi connectivity index (χ3v) is 3.99. The molecule has 0 saturated heterocycles. The van der Waals surface area contributed by atoms with Crippen molar-refractivity contribution in [2.75, 3.05) is 17.3 Å². The predicted octanol–water partition coefficient (Wildman–Crippen LogP) is 5.43. The van der Waals surface area contributed by atoms with E-state index < -0.39 is 0 Å². The van der Waals surface area contributed by atoms with Crippen LogP contribution in [0.2, 0.25) is 0 Å². The second kappa shape index (κ2) is 8.49. The molecule has 0 atom stereocenters. The van der Waals surface area contributed by atoms with Crippen molar-refractivity contribution >= 4 is 33.1 Å². The second-order valence-corrected chi connectivity index (χ2v) is 6.22. The third-order valence-electron chi connectivity index (χ3n) is 3.67. The number of nitrogens with one attached hydrogen (secondary N) is 1. The molecule has 3 rings (SSSR count). The third kappa shape index (κ3) is 4.48. The van der Waals surface area contributed by atoms with Gasteiger partial charge < -0.3 is 10.1 Å². The summed E-state index contributed by atoms with van der Waals surface area (Å²) in [6.45, 7) is 0.604. The Morgan fingerprint density at radius 2 is 1.68 bits per heavy atom. The summed E-state index contributed by atoms with van der Waals surface area (Å²) in [6.07, 6.45) is 0. The Labute approximate surface area is 155 Å². The first-order valence-corrected chi connectivity index (χ1v) is 9.15. The molecule has 0 aliphatic carbocycles. The Morgan fingerprint density at radius 1 is 0.920 bits per heavy atom. The van der Waals surface area contributed by atoms with Gasteiger partial charge in [0.2, 0.25) is 0 Å². The van der Waals surface area contributed by atoms with Gasteiger partial charge in [-0.1, -0.05) is 64.5 Å². The molecule has 0 aromatic heterocycles. The maximum Gasteiger partial charge on any atom is 0.195 e. The molecule has 0 unspecified atom stereocenters. The Balaban J connectivity index is 1.85. The number of alkyl halides is 1. The van der Waals surface area contributed by atoms with Gasteiger partial charge >= 0.3 is 0 Å². The minimum atomic E-state index is -0.00427. The molecule has 3 aromatic carbocycles. The highest BCUT2D eigenvalue weighted by Gasteiger charge is 2.13. The van der Waals surface area contributed by atoms with Gasteiger partial charge in [-0.3, -0.25) is 4.79 Å². The minimum Gasteiger partial charge on any atom is -0.493 e. The van der Waals surface area contributed by atoms with Crippen LogP contribution in [0.25, 0.3) is 0 Å². The van der Waals surface area contributed by atoms with Gasteiger partial charge in [0.15, 0.2) is 5.78 Å². The topological polar surface area (TPSA) is 38.3 Å². The zero-order valence-corrected chi connectivity index (χ0v) is 15.2. The Kier molecular flexibility index (Phi) is 5.86. The van der Waals surface area contributed by atoms with Gasteiger partial charge in [-0.15, -0.1) is 0 Å². The molecule has 0 bridgehead atoms. The smallest absolute Gasteiger partial charge is 0.195 e. The number of para-hydroxylation sites is 1. The standard InChI is InChI=1S/C21H18BrNO2/c22-13-14-25-18-10-6-9-17(15-18)23-20-12-5-4-11-19(20)21(24)16-7-2-1-3-8-16/h1-12,15,23H,13-14H2. The average Bonchev–Trinajstić information content (AvgIpc) is 2.67. The Bertz CT molecular complexity index is 849. The monoisotopic (exact) mass is 395 g/mol. The summed E-state index contributed by atoms with van der Waals surface area (Å²) in [5, 5.41) is 4.10. The molecule has 25 heavy (non-hydrogen) atoms. The molecule has 0 heterocycles. The predicted molar refractivity (Wildman–Crippen MR) is 105 cm³/mol. The van der Waals surface area contributed by atoms with Crippen LogP contribution in [0.15, 0.2) is 78.9 Å². The zero-order chi connectivity index (χ0) is 17.5. The van der Waals surface area contributed by atoms with Crippen LogP contribution in [0.3, 0.4) is 0 Å². The molecular weight excluding hydrogens is 378 g/mol. The maximum absolute atomic E-state index is 12.8. The molecule has 0 aliphatic heterocycles. The van der Waals surface area contributed by atoms with Gasteiger partial charge in [-0.2, -0.15) is 0 Å². The SMILES string of the molecule is O=C(c1ccccc1)c1ccccc1Nc1cccc(OCCBr)c1. The molecule has 0 radical (unpaired) electrons. The number of hydrogen-bond donors (Lipinski definition) is 1. The summed E-state index contributed by atoms with van der Waals surface area (Å²) < 4.78 is 5.63. The van der Waals surface area contributed by atoms with E-state index in [4.69, 9.17) is 4.74 Å². The van der Waals surface area contributed by atoms with Crippen molar-refractivity contribution in [3.8, 4) is 5.75 Å². The van der Waals surface area contributed by atoms with E-state index in [1.807, 2.05) is 78.9 Å². The van der Waals surface area contributed by atoms with Crippen LogP contribution in [0, 0.1) is 0 Å². The van der Waals surface area contributed by atoms with Crippen LogP contribution in [-0.4, -0.2) is 17.7 Å². The number of hydrogen-bond acceptors (Lipinski definition) is 3. The quantitative estimate of drug-likeness (QED) is 0.427. The summed E-state index contributed by atoms with van der Waals surface area (Å²) in [5.74, 6) is 0.784. The van der Waals surface area contributed by atoms with Gasteiger partial charge in [0.05, 0.1) is 6.61 Å². The number of ketones is 1. The van der Waals surface area contributed by atoms with Crippen LogP contribution in [0.1, 0.15) is 15.9 Å². The van der Waals surface area contributed by atoms with Crippen molar-refractivity contribution in [3.05, 3.63) is 90.0 Å². The van der Waals surface area contributed by atoms with E-state index in [0.717, 1.165) is 22.5 Å². The van der Waals surface area contributed by atoms with E-state index in [1.165, 1.54) is 0 Å². The first kappa shape index (κ1) is 17.2. The van der Waals surface area contributed by atoms with Gasteiger partial charge in [0, 0.05) is 33.9 Å². The normalized spacial score (nSPS) is 10.3. The number of halogens is 1. The largest absolute Gasteiger partial charge is 0.493 e. The molecule has 0 saturated carbocycles. The van der Waals surface area contributed by atoms with E-state index in [2.05, 4.69) is 21.2 Å². The number of rotatable bonds is 7. The van der Waals surface area contributed by atoms with Crippen molar-refractivity contribution in [2.45, 2.75) is 0 Å². The van der Waals surface area contributed by atoms with Gasteiger partial charge in [0.25, 0.3) is 0 Å². The first-order valence-electron chi connectivity index (χ1n) is 8.02. The number of carbonyl (C=O) groups excluding carboxylic acids is 1. The highest BCUT2D eigenvalue weighted by Crippen LogP contribution is 2.25. The molecule has 4 heteroatoms. The second-order valence-electron chi connectivity index (χ2n) is 5.43. The van der Waals surface area contributed by atoms with Crippen LogP contribution in [-0.2, 0) is 0 Å². The summed E-state index contributed by atoms with van der Waals surface area (Å²) in [5.41, 5.74) is 2.96. The molecule has 0 amide bonds. The summed E-state index contributed by atoms with van der Waals surface area (Å²) in [6, 6.07) is 24.5. The van der Waals surface area contributed by atoms with Crippen LogP contribution in [0.4, 0.5) is 11.4 Å². The van der Waals surface area contributed by atoms with Crippen LogP contribution >= 0.6 is 15.9 Å². The number of carbonyl (C=O) groups is 1. The summed E-state index contributed by atoms with van der Waals surface area (Å²) in [7, 11) is 0. The molecule has 1 N–H and O–H groups in total. The molecular formula is C21H18BrNO2. The van der Waals surface area contributed by atoms with Crippen molar-refractivity contribution in [3.63, 3.8) is 0 Å². The fraction of sp³-hybridized carbons (Fsp3) is 0.0952. The highest BCUT2D eigenvalue weighted by atomic mass is 79.9. The van der Waals surface area contributed by atoms with Crippen molar-refractivity contribution in [2.24, 2.45) is 0 Å². The number of anilines is 2. The molecule has 0 aliphatic rings. The van der Waals surface area contributed by atoms with E-state index in [1.54, 1.807) is 0 Å². The van der Waals surface area contributed by atoms with E-state index in [-0.39, 0.29) is 5.78 Å². The zero-order valence-electron chi connectivity index (χ0n) is 13.6.